The van der Waals surface area contributed by atoms with Crippen LogP contribution < -0.4 is 45.7 Å². The smallest absolute Gasteiger partial charge is 0.249 e. The number of nitrogens with zero attached hydrogens (tertiary/aromatic N) is 15. The highest BCUT2D eigenvalue weighted by Gasteiger charge is 2.39. The summed E-state index contributed by atoms with van der Waals surface area (Å²) in [5.74, 6) is 0. The molecule has 5 aliphatic rings. The number of pyridine rings is 12. The number of imidazole rings is 3. The first-order chi connectivity index (χ1) is 53.7. The van der Waals surface area contributed by atoms with Crippen LogP contribution in [0.2, 0.25) is 0 Å². The zero-order valence-corrected chi connectivity index (χ0v) is 61.0. The van der Waals surface area contributed by atoms with Crippen LogP contribution in [0.3, 0.4) is 0 Å². The standard InChI is InChI=1S/C22H17N3.C21H16N4.C18H14N2.C17H13N3.C16H13N3/c1-23-12-11-16-13-24-14-19(15-7-3-2-4-8-15)25-18-10-6-5-9-17(18)21(23)20(16)22(24)25;1-23-11-9-15-12-24-13-17(14-6-3-2-4-7-14)25-16-8-5-10-22-19(16)20(23)18(15)21(24)25;1-19-10-8-12-11-20-9-4-7-15-13-5-2-3-6-14(13)17(19)16(12)18(15)20;1-19-9-6-11-10-20-8-3-5-13-12-4-2-7-18-15(12)17(19)14(11)16(13)20;1-17-7-3-6-13-15(17)12-5-2-4-11-10-18-8-9-19(13)16(18)14(11)12/h2-12,14H,13H2,1H3;2-11,13H,12H2,1H3;2-10H,11H2,1H3;2-9H,10H2,1H3;2-9H,10H2,1H3/q5*+2. The first-order valence-electron chi connectivity index (χ1n) is 37.6. The van der Waals surface area contributed by atoms with E-state index in [0.29, 0.717) is 0 Å². The Morgan fingerprint density at radius 3 is 1.36 bits per heavy atom. The first-order valence-corrected chi connectivity index (χ1v) is 37.6. The molecular weight excluding hydrogens is 1340 g/mol. The average molecular weight is 1410 g/mol. The monoisotopic (exact) mass is 1410 g/mol. The van der Waals surface area contributed by atoms with Crippen molar-refractivity contribution < 1.29 is 45.7 Å². The van der Waals surface area contributed by atoms with E-state index in [4.69, 9.17) is 4.98 Å². The highest BCUT2D eigenvalue weighted by atomic mass is 15.2. The van der Waals surface area contributed by atoms with E-state index in [1.165, 1.54) is 182 Å². The van der Waals surface area contributed by atoms with Crippen LogP contribution in [0.1, 0.15) is 27.8 Å². The fourth-order valence-corrected chi connectivity index (χ4v) is 19.4. The van der Waals surface area contributed by atoms with Gasteiger partial charge in [0.05, 0.1) is 32.3 Å². The average Bonchev–Trinajstić information content (AvgIpc) is 1.54. The largest absolute Gasteiger partial charge is 0.302 e. The Bertz CT molecular complexity index is 7420. The second-order valence-electron chi connectivity index (χ2n) is 30.0. The molecule has 0 aliphatic carbocycles. The summed E-state index contributed by atoms with van der Waals surface area (Å²) < 4.78 is 30.1. The van der Waals surface area contributed by atoms with Gasteiger partial charge in [0, 0.05) is 105 Å². The summed E-state index contributed by atoms with van der Waals surface area (Å²) in [6, 6.07) is 75.8. The van der Waals surface area contributed by atoms with Crippen LogP contribution >= 0.6 is 0 Å². The van der Waals surface area contributed by atoms with Crippen molar-refractivity contribution in [2.45, 2.75) is 32.7 Å². The molecule has 15 heteroatoms. The van der Waals surface area contributed by atoms with Crippen LogP contribution in [-0.2, 0) is 68.0 Å². The number of para-hydroxylation sites is 1. The van der Waals surface area contributed by atoms with E-state index in [0.717, 1.165) is 49.3 Å². The number of fused-ring (bicyclic) bond motifs is 15. The summed E-state index contributed by atoms with van der Waals surface area (Å²) in [4.78, 5) is 9.40. The van der Waals surface area contributed by atoms with Crippen LogP contribution in [0.15, 0.2) is 293 Å². The normalized spacial score (nSPS) is 13.0. The Balaban J connectivity index is 0.0000000824. The van der Waals surface area contributed by atoms with Gasteiger partial charge in [-0.15, -0.1) is 0 Å². The molecule has 20 heterocycles. The number of hydrogen-bond donors (Lipinski definition) is 0. The maximum atomic E-state index is 4.75. The predicted octanol–water partition coefficient (Wildman–Crippen LogP) is 12.5. The quantitative estimate of drug-likeness (QED) is 0.128. The topological polar surface area (TPSA) is 77.8 Å². The lowest BCUT2D eigenvalue weighted by molar-refractivity contribution is -0.658. The summed E-state index contributed by atoms with van der Waals surface area (Å²) in [5, 5.41) is 16.1. The van der Waals surface area contributed by atoms with E-state index < -0.39 is 0 Å². The zero-order valence-electron chi connectivity index (χ0n) is 61.0. The highest BCUT2D eigenvalue weighted by molar-refractivity contribution is 6.23. The van der Waals surface area contributed by atoms with Gasteiger partial charge in [0.15, 0.2) is 78.9 Å². The Hall–Kier alpha value is -13.9. The van der Waals surface area contributed by atoms with Crippen molar-refractivity contribution in [3.63, 3.8) is 0 Å². The van der Waals surface area contributed by atoms with E-state index >= 15 is 0 Å². The van der Waals surface area contributed by atoms with E-state index in [2.05, 4.69) is 367 Å². The van der Waals surface area contributed by atoms with Gasteiger partial charge in [-0.05, 0) is 60.7 Å². The predicted molar refractivity (Wildman–Crippen MR) is 424 cm³/mol. The second-order valence-corrected chi connectivity index (χ2v) is 30.0. The lowest BCUT2D eigenvalue weighted by Gasteiger charge is -2.04. The van der Waals surface area contributed by atoms with Crippen molar-refractivity contribution >= 4 is 148 Å². The van der Waals surface area contributed by atoms with Gasteiger partial charge in [0.1, 0.15) is 112 Å². The molecule has 0 bridgehead atoms. The molecule has 0 saturated carbocycles. The number of hydrogen-bond acceptors (Lipinski definition) is 2. The summed E-state index contributed by atoms with van der Waals surface area (Å²) in [5.41, 5.74) is 30.8. The minimum atomic E-state index is 0.916. The molecule has 0 spiro atoms. The fraction of sp³-hybridized carbons (Fsp3) is 0.106. The number of aryl methyl sites for hydroxylation is 5. The third-order valence-electron chi connectivity index (χ3n) is 23.9. The van der Waals surface area contributed by atoms with Crippen LogP contribution in [0.4, 0.5) is 0 Å². The molecule has 5 aliphatic heterocycles. The number of aromatic nitrogens is 15. The van der Waals surface area contributed by atoms with Crippen LogP contribution in [0, 0.1) is 0 Å². The van der Waals surface area contributed by atoms with E-state index in [9.17, 15) is 0 Å². The maximum Gasteiger partial charge on any atom is 0.302 e. The first kappa shape index (κ1) is 61.4. The van der Waals surface area contributed by atoms with E-state index in [1.54, 1.807) is 0 Å². The van der Waals surface area contributed by atoms with Crippen molar-refractivity contribution in [3.8, 4) is 22.5 Å². The summed E-state index contributed by atoms with van der Waals surface area (Å²) >= 11 is 0. The summed E-state index contributed by atoms with van der Waals surface area (Å²) in [6.07, 6.45) is 27.8. The second kappa shape index (κ2) is 23.0. The third-order valence-corrected chi connectivity index (χ3v) is 23.9. The highest BCUT2D eigenvalue weighted by Crippen LogP contribution is 2.41. The van der Waals surface area contributed by atoms with Gasteiger partial charge in [0.25, 0.3) is 16.7 Å². The molecule has 15 nitrogen and oxygen atoms in total. The van der Waals surface area contributed by atoms with Gasteiger partial charge < -0.3 is 0 Å². The molecule has 0 N–H and O–H groups in total. The molecule has 0 fully saturated rings. The molecule has 15 aromatic heterocycles. The molecule has 22 aromatic rings. The van der Waals surface area contributed by atoms with Gasteiger partial charge in [-0.1, -0.05) is 109 Å². The molecule has 0 unspecified atom stereocenters. The Labute approximate surface area is 624 Å². The molecule has 7 aromatic carbocycles. The minimum Gasteiger partial charge on any atom is -0.249 e. The number of rotatable bonds is 2. The molecule has 0 amide bonds. The lowest BCUT2D eigenvalue weighted by atomic mass is 9.99. The van der Waals surface area contributed by atoms with Crippen LogP contribution in [-0.4, -0.2) is 23.2 Å². The van der Waals surface area contributed by atoms with Gasteiger partial charge in [-0.2, -0.15) is 36.0 Å². The van der Waals surface area contributed by atoms with Gasteiger partial charge >= 0.3 is 11.3 Å². The number of benzene rings is 7. The molecule has 0 radical (unpaired) electrons. The van der Waals surface area contributed by atoms with Gasteiger partial charge in [-0.3, -0.25) is 0 Å². The zero-order chi connectivity index (χ0) is 72.2. The van der Waals surface area contributed by atoms with Crippen molar-refractivity contribution in [3.05, 3.63) is 321 Å². The molecule has 514 valence electrons. The van der Waals surface area contributed by atoms with Crippen LogP contribution in [0.25, 0.3) is 170 Å². The van der Waals surface area contributed by atoms with Crippen molar-refractivity contribution in [2.75, 3.05) is 0 Å². The van der Waals surface area contributed by atoms with Gasteiger partial charge in [-0.25, -0.2) is 32.8 Å². The summed E-state index contributed by atoms with van der Waals surface area (Å²) in [6.45, 7) is 4.79. The SMILES string of the molecule is C[n+]1ccc2c3c1c1ccccc1c1ccc[n+](c13)C2.C[n+]1ccc2c3c1c1ccccc1n1c(-c4ccccc4)c[n+](c31)C2.C[n+]1ccc2c3c1c1ncccc1c1ccc[n+](c13)C2.C[n+]1ccc2c3c1c1ncccc1n1c(-c4ccccc4)c[n+](c31)C2.C[n+]1cccc2c1c1cccc3c1c1n2cc[n+]1C3. The molecule has 0 atom stereocenters. The van der Waals surface area contributed by atoms with E-state index in [-0.39, 0.29) is 0 Å². The van der Waals surface area contributed by atoms with E-state index in [1.807, 2.05) is 24.5 Å². The minimum absolute atomic E-state index is 0.916. The molecular formula is C94H73N15+10. The van der Waals surface area contributed by atoms with Crippen molar-refractivity contribution in [1.82, 2.24) is 23.2 Å². The van der Waals surface area contributed by atoms with Gasteiger partial charge in [0.2, 0.25) is 33.1 Å². The third kappa shape index (κ3) is 8.68. The Morgan fingerprint density at radius 2 is 0.697 bits per heavy atom. The Kier molecular flexibility index (Phi) is 13.0. The van der Waals surface area contributed by atoms with Crippen molar-refractivity contribution in [2.24, 2.45) is 35.2 Å². The van der Waals surface area contributed by atoms with Crippen LogP contribution in [0.5, 0.6) is 0 Å². The fourth-order valence-electron chi connectivity index (χ4n) is 19.4. The molecule has 0 saturated heterocycles. The van der Waals surface area contributed by atoms with Crippen molar-refractivity contribution in [1.29, 1.82) is 0 Å². The summed E-state index contributed by atoms with van der Waals surface area (Å²) in [7, 11) is 10.6. The molecule has 27 rings (SSSR count). The molecule has 109 heavy (non-hydrogen) atoms. The maximum absolute atomic E-state index is 4.75. The lowest BCUT2D eigenvalue weighted by Crippen LogP contribution is -2.30. The Morgan fingerprint density at radius 1 is 0.266 bits per heavy atom.